The highest BCUT2D eigenvalue weighted by Gasteiger charge is 2.26. The standard InChI is InChI=1S/C22H28N4O4/c1-29-19-9-5-3-7-17(19)23-21(27)15-25-11-13-26(14-12-25)16-22(28)24-18-8-4-6-10-20(18)30-2/h3-10H,11-16H2,1-2H3,(H,23,27)(H,24,28)/p+2. The second kappa shape index (κ2) is 10.6. The number of para-hydroxylation sites is 4. The number of quaternary nitrogens is 2. The molecule has 0 aromatic heterocycles. The minimum Gasteiger partial charge on any atom is -0.495 e. The number of hydrogen-bond donors (Lipinski definition) is 4. The van der Waals surface area contributed by atoms with Crippen molar-refractivity contribution in [1.29, 1.82) is 0 Å². The molecule has 3 rings (SSSR count). The average Bonchev–Trinajstić information content (AvgIpc) is 2.76. The predicted molar refractivity (Wildman–Crippen MR) is 114 cm³/mol. The van der Waals surface area contributed by atoms with Gasteiger partial charge in [0.15, 0.2) is 13.1 Å². The Kier molecular flexibility index (Phi) is 7.64. The van der Waals surface area contributed by atoms with E-state index < -0.39 is 0 Å². The lowest BCUT2D eigenvalue weighted by molar-refractivity contribution is -1.00. The number of methoxy groups -OCH3 is 2. The number of anilines is 2. The molecule has 1 aliphatic heterocycles. The van der Waals surface area contributed by atoms with Gasteiger partial charge in [0.25, 0.3) is 11.8 Å². The Morgan fingerprint density at radius 3 is 1.47 bits per heavy atom. The van der Waals surface area contributed by atoms with E-state index >= 15 is 0 Å². The molecule has 2 aromatic rings. The molecule has 160 valence electrons. The highest BCUT2D eigenvalue weighted by Crippen LogP contribution is 2.23. The molecule has 30 heavy (non-hydrogen) atoms. The van der Waals surface area contributed by atoms with E-state index in [0.717, 1.165) is 26.2 Å². The zero-order valence-corrected chi connectivity index (χ0v) is 17.5. The van der Waals surface area contributed by atoms with E-state index in [2.05, 4.69) is 10.6 Å². The van der Waals surface area contributed by atoms with Crippen LogP contribution in [0.2, 0.25) is 0 Å². The Morgan fingerprint density at radius 1 is 0.733 bits per heavy atom. The van der Waals surface area contributed by atoms with E-state index in [1.807, 2.05) is 48.5 Å². The van der Waals surface area contributed by atoms with Crippen LogP contribution in [0.15, 0.2) is 48.5 Å². The van der Waals surface area contributed by atoms with Crippen LogP contribution in [-0.4, -0.2) is 65.3 Å². The Bertz CT molecular complexity index is 794. The summed E-state index contributed by atoms with van der Waals surface area (Å²) >= 11 is 0. The van der Waals surface area contributed by atoms with Gasteiger partial charge in [-0.25, -0.2) is 0 Å². The van der Waals surface area contributed by atoms with Gasteiger partial charge in [0.2, 0.25) is 0 Å². The molecular weight excluding hydrogens is 384 g/mol. The van der Waals surface area contributed by atoms with E-state index in [1.54, 1.807) is 14.2 Å². The molecule has 0 saturated carbocycles. The maximum Gasteiger partial charge on any atom is 0.279 e. The molecule has 0 radical (unpaired) electrons. The average molecular weight is 415 g/mol. The molecule has 1 fully saturated rings. The van der Waals surface area contributed by atoms with Crippen LogP contribution in [0.4, 0.5) is 11.4 Å². The lowest BCUT2D eigenvalue weighted by Crippen LogP contribution is -3.28. The Labute approximate surface area is 176 Å². The summed E-state index contributed by atoms with van der Waals surface area (Å²) in [5.41, 5.74) is 1.36. The molecule has 2 aromatic carbocycles. The van der Waals surface area contributed by atoms with E-state index in [4.69, 9.17) is 9.47 Å². The van der Waals surface area contributed by atoms with Crippen LogP contribution in [-0.2, 0) is 9.59 Å². The molecule has 4 N–H and O–H groups in total. The summed E-state index contributed by atoms with van der Waals surface area (Å²) in [6.07, 6.45) is 0. The second-order valence-electron chi connectivity index (χ2n) is 7.35. The van der Waals surface area contributed by atoms with Crippen LogP contribution >= 0.6 is 0 Å². The fourth-order valence-corrected chi connectivity index (χ4v) is 3.65. The van der Waals surface area contributed by atoms with Crippen molar-refractivity contribution in [3.05, 3.63) is 48.5 Å². The van der Waals surface area contributed by atoms with Gasteiger partial charge in [-0.3, -0.25) is 9.59 Å². The van der Waals surface area contributed by atoms with Crippen molar-refractivity contribution in [2.24, 2.45) is 0 Å². The van der Waals surface area contributed by atoms with E-state index in [1.165, 1.54) is 9.80 Å². The highest BCUT2D eigenvalue weighted by atomic mass is 16.5. The zero-order valence-electron chi connectivity index (χ0n) is 17.5. The van der Waals surface area contributed by atoms with Gasteiger partial charge in [-0.1, -0.05) is 24.3 Å². The van der Waals surface area contributed by atoms with Gasteiger partial charge in [-0.2, -0.15) is 0 Å². The maximum atomic E-state index is 12.4. The summed E-state index contributed by atoms with van der Waals surface area (Å²) in [4.78, 5) is 27.2. The molecule has 2 amide bonds. The first-order valence-corrected chi connectivity index (χ1v) is 10.1. The van der Waals surface area contributed by atoms with Crippen LogP contribution in [0, 0.1) is 0 Å². The third kappa shape index (κ3) is 5.95. The van der Waals surface area contributed by atoms with Crippen LogP contribution < -0.4 is 29.9 Å². The molecule has 0 unspecified atom stereocenters. The number of carbonyl (C=O) groups excluding carboxylic acids is 2. The van der Waals surface area contributed by atoms with Gasteiger partial charge >= 0.3 is 0 Å². The number of piperazine rings is 1. The summed E-state index contributed by atoms with van der Waals surface area (Å²) in [6.45, 7) is 4.18. The monoisotopic (exact) mass is 414 g/mol. The molecule has 8 heteroatoms. The summed E-state index contributed by atoms with van der Waals surface area (Å²) in [5.74, 6) is 1.23. The van der Waals surface area contributed by atoms with Crippen molar-refractivity contribution in [1.82, 2.24) is 0 Å². The van der Waals surface area contributed by atoms with Gasteiger partial charge in [0, 0.05) is 0 Å². The fraction of sp³-hybridized carbons (Fsp3) is 0.364. The third-order valence-corrected chi connectivity index (χ3v) is 5.25. The number of amides is 2. The first-order valence-electron chi connectivity index (χ1n) is 10.1. The summed E-state index contributed by atoms with van der Waals surface area (Å²) < 4.78 is 10.5. The number of benzene rings is 2. The van der Waals surface area contributed by atoms with Crippen LogP contribution in [0.1, 0.15) is 0 Å². The summed E-state index contributed by atoms with van der Waals surface area (Å²) in [7, 11) is 3.17. The Hall–Kier alpha value is -3.10. The SMILES string of the molecule is COc1ccccc1NC(=O)C[NH+]1CC[NH+](CC(=O)Nc2ccccc2OC)CC1. The van der Waals surface area contributed by atoms with Crippen molar-refractivity contribution >= 4 is 23.2 Å². The minimum atomic E-state index is -0.0353. The normalized spacial score (nSPS) is 18.3. The van der Waals surface area contributed by atoms with Gasteiger partial charge < -0.3 is 29.9 Å². The number of hydrogen-bond acceptors (Lipinski definition) is 4. The second-order valence-corrected chi connectivity index (χ2v) is 7.35. The lowest BCUT2D eigenvalue weighted by Gasteiger charge is -2.29. The molecule has 8 nitrogen and oxygen atoms in total. The van der Waals surface area contributed by atoms with E-state index in [-0.39, 0.29) is 11.8 Å². The van der Waals surface area contributed by atoms with Crippen molar-refractivity contribution < 1.29 is 28.9 Å². The predicted octanol–water partition coefficient (Wildman–Crippen LogP) is -0.936. The first-order chi connectivity index (χ1) is 14.6. The third-order valence-electron chi connectivity index (χ3n) is 5.25. The summed E-state index contributed by atoms with van der Waals surface area (Å²) in [6, 6.07) is 14.8. The molecule has 1 heterocycles. The van der Waals surface area contributed by atoms with Crippen LogP contribution in [0.25, 0.3) is 0 Å². The molecule has 1 aliphatic rings. The van der Waals surface area contributed by atoms with Crippen molar-refractivity contribution in [3.8, 4) is 11.5 Å². The first kappa shape index (κ1) is 21.6. The smallest absolute Gasteiger partial charge is 0.279 e. The number of carbonyl (C=O) groups is 2. The van der Waals surface area contributed by atoms with Crippen LogP contribution in [0.5, 0.6) is 11.5 Å². The topological polar surface area (TPSA) is 85.5 Å². The zero-order chi connectivity index (χ0) is 21.3. The largest absolute Gasteiger partial charge is 0.495 e. The Balaban J connectivity index is 1.42. The molecule has 1 saturated heterocycles. The number of nitrogens with one attached hydrogen (secondary N) is 4. The van der Waals surface area contributed by atoms with Gasteiger partial charge in [0.05, 0.1) is 25.6 Å². The van der Waals surface area contributed by atoms with Crippen LogP contribution in [0.3, 0.4) is 0 Å². The lowest BCUT2D eigenvalue weighted by atomic mass is 10.2. The molecular formula is C22H30N4O4+2. The summed E-state index contributed by atoms with van der Waals surface area (Å²) in [5, 5.41) is 5.85. The van der Waals surface area contributed by atoms with Gasteiger partial charge in [-0.15, -0.1) is 0 Å². The highest BCUT2D eigenvalue weighted by molar-refractivity contribution is 5.93. The van der Waals surface area contributed by atoms with Gasteiger partial charge in [0.1, 0.15) is 37.7 Å². The van der Waals surface area contributed by atoms with E-state index in [0.29, 0.717) is 36.0 Å². The number of rotatable bonds is 8. The van der Waals surface area contributed by atoms with E-state index in [9.17, 15) is 9.59 Å². The molecule has 0 bridgehead atoms. The van der Waals surface area contributed by atoms with Crippen molar-refractivity contribution in [3.63, 3.8) is 0 Å². The fourth-order valence-electron chi connectivity index (χ4n) is 3.65. The minimum absolute atomic E-state index is 0.0353. The molecule has 0 aliphatic carbocycles. The van der Waals surface area contributed by atoms with Crippen molar-refractivity contribution in [2.75, 3.05) is 64.1 Å². The molecule has 0 spiro atoms. The van der Waals surface area contributed by atoms with Gasteiger partial charge in [-0.05, 0) is 24.3 Å². The quantitative estimate of drug-likeness (QED) is 0.450. The maximum absolute atomic E-state index is 12.4. The molecule has 0 atom stereocenters. The van der Waals surface area contributed by atoms with Crippen molar-refractivity contribution in [2.45, 2.75) is 0 Å². The number of ether oxygens (including phenoxy) is 2. The Morgan fingerprint density at radius 2 is 1.10 bits per heavy atom.